The van der Waals surface area contributed by atoms with E-state index in [-0.39, 0.29) is 11.8 Å². The molecular weight excluding hydrogens is 356 g/mol. The van der Waals surface area contributed by atoms with E-state index in [2.05, 4.69) is 5.32 Å². The highest BCUT2D eigenvalue weighted by molar-refractivity contribution is 7.98. The molecule has 25 heavy (non-hydrogen) atoms. The topological polar surface area (TPSA) is 49.4 Å². The van der Waals surface area contributed by atoms with Crippen molar-refractivity contribution in [2.24, 2.45) is 0 Å². The molecule has 1 saturated heterocycles. The van der Waals surface area contributed by atoms with E-state index in [0.717, 1.165) is 23.4 Å². The van der Waals surface area contributed by atoms with Crippen LogP contribution in [0.3, 0.4) is 0 Å². The molecule has 0 bridgehead atoms. The molecule has 0 atom stereocenters. The van der Waals surface area contributed by atoms with Crippen LogP contribution in [-0.2, 0) is 11.3 Å². The van der Waals surface area contributed by atoms with E-state index in [4.69, 9.17) is 11.6 Å². The third-order valence-electron chi connectivity index (χ3n) is 4.15. The molecule has 1 N–H and O–H groups in total. The van der Waals surface area contributed by atoms with E-state index < -0.39 is 0 Å². The Morgan fingerprint density at radius 1 is 1.28 bits per heavy atom. The summed E-state index contributed by atoms with van der Waals surface area (Å²) in [6.07, 6.45) is 3.49. The van der Waals surface area contributed by atoms with E-state index in [0.29, 0.717) is 29.2 Å². The maximum atomic E-state index is 12.5. The van der Waals surface area contributed by atoms with E-state index >= 15 is 0 Å². The largest absolute Gasteiger partial charge is 0.338 e. The van der Waals surface area contributed by atoms with Crippen LogP contribution in [0.25, 0.3) is 0 Å². The second kappa shape index (κ2) is 7.93. The Kier molecular flexibility index (Phi) is 5.66. The minimum absolute atomic E-state index is 0.190. The quantitative estimate of drug-likeness (QED) is 0.787. The molecule has 2 amide bonds. The van der Waals surface area contributed by atoms with Crippen LogP contribution in [0.15, 0.2) is 47.4 Å². The molecule has 2 aromatic rings. The lowest BCUT2D eigenvalue weighted by molar-refractivity contribution is -0.128. The summed E-state index contributed by atoms with van der Waals surface area (Å²) in [5.74, 6) is -0.0506. The molecule has 0 aromatic heterocycles. The number of halogens is 1. The Balaban J connectivity index is 1.73. The highest BCUT2D eigenvalue weighted by Gasteiger charge is 2.20. The zero-order valence-corrected chi connectivity index (χ0v) is 15.5. The third-order valence-corrected chi connectivity index (χ3v) is 5.20. The van der Waals surface area contributed by atoms with Gasteiger partial charge in [0.2, 0.25) is 5.91 Å². The molecule has 4 nitrogen and oxygen atoms in total. The fourth-order valence-corrected chi connectivity index (χ4v) is 3.49. The molecule has 1 fully saturated rings. The molecule has 0 radical (unpaired) electrons. The van der Waals surface area contributed by atoms with Gasteiger partial charge in [0.15, 0.2) is 0 Å². The van der Waals surface area contributed by atoms with E-state index in [1.807, 2.05) is 41.5 Å². The number of rotatable bonds is 5. The van der Waals surface area contributed by atoms with Gasteiger partial charge in [-0.15, -0.1) is 11.8 Å². The molecule has 6 heteroatoms. The number of thioether (sulfide) groups is 1. The molecule has 0 aliphatic carbocycles. The SMILES string of the molecule is CSc1ccc(Cl)c(C(=O)Nc2cccc(CN3CCCC3=O)c2)c1. The molecule has 1 aliphatic rings. The number of anilines is 1. The molecule has 1 heterocycles. The Labute approximate surface area is 156 Å². The van der Waals surface area contributed by atoms with Gasteiger partial charge in [-0.3, -0.25) is 9.59 Å². The van der Waals surface area contributed by atoms with Crippen molar-refractivity contribution in [1.82, 2.24) is 4.90 Å². The smallest absolute Gasteiger partial charge is 0.257 e. The number of nitrogens with zero attached hydrogens (tertiary/aromatic N) is 1. The normalized spacial score (nSPS) is 14.0. The third kappa shape index (κ3) is 4.35. The van der Waals surface area contributed by atoms with Gasteiger partial charge in [0, 0.05) is 30.1 Å². The predicted molar refractivity (Wildman–Crippen MR) is 102 cm³/mol. The summed E-state index contributed by atoms with van der Waals surface area (Å²) < 4.78 is 0. The van der Waals surface area contributed by atoms with Crippen LogP contribution in [0.5, 0.6) is 0 Å². The molecule has 0 spiro atoms. The van der Waals surface area contributed by atoms with E-state index in [1.54, 1.807) is 23.9 Å². The van der Waals surface area contributed by atoms with Gasteiger partial charge in [0.25, 0.3) is 5.91 Å². The van der Waals surface area contributed by atoms with Crippen LogP contribution < -0.4 is 5.32 Å². The summed E-state index contributed by atoms with van der Waals surface area (Å²) in [5.41, 5.74) is 2.14. The van der Waals surface area contributed by atoms with Gasteiger partial charge in [-0.1, -0.05) is 23.7 Å². The van der Waals surface area contributed by atoms with Crippen LogP contribution in [0.4, 0.5) is 5.69 Å². The molecule has 130 valence electrons. The number of amides is 2. The first-order valence-corrected chi connectivity index (χ1v) is 9.68. The van der Waals surface area contributed by atoms with Crippen molar-refractivity contribution >= 4 is 40.9 Å². The number of nitrogens with one attached hydrogen (secondary N) is 1. The van der Waals surface area contributed by atoms with Gasteiger partial charge in [0.1, 0.15) is 0 Å². The molecule has 3 rings (SSSR count). The predicted octanol–water partition coefficient (Wildman–Crippen LogP) is 4.44. The Bertz CT molecular complexity index is 810. The number of benzene rings is 2. The van der Waals surface area contributed by atoms with E-state index in [9.17, 15) is 9.59 Å². The summed E-state index contributed by atoms with van der Waals surface area (Å²) >= 11 is 7.72. The van der Waals surface area contributed by atoms with Crippen molar-refractivity contribution in [1.29, 1.82) is 0 Å². The zero-order chi connectivity index (χ0) is 17.8. The number of hydrogen-bond acceptors (Lipinski definition) is 3. The highest BCUT2D eigenvalue weighted by Crippen LogP contribution is 2.24. The van der Waals surface area contributed by atoms with Gasteiger partial charge >= 0.3 is 0 Å². The van der Waals surface area contributed by atoms with Gasteiger partial charge in [0.05, 0.1) is 10.6 Å². The average Bonchev–Trinajstić information content (AvgIpc) is 3.00. The van der Waals surface area contributed by atoms with Crippen molar-refractivity contribution in [2.75, 3.05) is 18.1 Å². The average molecular weight is 375 g/mol. The zero-order valence-electron chi connectivity index (χ0n) is 13.9. The molecule has 2 aromatic carbocycles. The van der Waals surface area contributed by atoms with Crippen molar-refractivity contribution in [3.05, 3.63) is 58.6 Å². The number of likely N-dealkylation sites (tertiary alicyclic amines) is 1. The van der Waals surface area contributed by atoms with Crippen LogP contribution in [-0.4, -0.2) is 29.5 Å². The first-order valence-electron chi connectivity index (χ1n) is 8.08. The fraction of sp³-hybridized carbons (Fsp3) is 0.263. The number of carbonyl (C=O) groups is 2. The molecular formula is C19H19ClN2O2S. The lowest BCUT2D eigenvalue weighted by Crippen LogP contribution is -2.23. The summed E-state index contributed by atoms with van der Waals surface area (Å²) in [4.78, 5) is 27.1. The van der Waals surface area contributed by atoms with Crippen LogP contribution in [0.1, 0.15) is 28.8 Å². The fourth-order valence-electron chi connectivity index (χ4n) is 2.84. The van der Waals surface area contributed by atoms with Gasteiger partial charge in [-0.05, 0) is 48.6 Å². The van der Waals surface area contributed by atoms with Crippen LogP contribution >= 0.6 is 23.4 Å². The summed E-state index contributed by atoms with van der Waals surface area (Å²) in [7, 11) is 0. The summed E-state index contributed by atoms with van der Waals surface area (Å²) in [6, 6.07) is 13.0. The second-order valence-electron chi connectivity index (χ2n) is 5.92. The number of hydrogen-bond donors (Lipinski definition) is 1. The summed E-state index contributed by atoms with van der Waals surface area (Å²) in [5, 5.41) is 3.32. The minimum atomic E-state index is -0.240. The van der Waals surface area contributed by atoms with Gasteiger partial charge < -0.3 is 10.2 Å². The first kappa shape index (κ1) is 17.8. The Hall–Kier alpha value is -1.98. The van der Waals surface area contributed by atoms with Crippen molar-refractivity contribution in [3.63, 3.8) is 0 Å². The Morgan fingerprint density at radius 2 is 2.12 bits per heavy atom. The number of carbonyl (C=O) groups excluding carboxylic acids is 2. The molecule has 0 saturated carbocycles. The lowest BCUT2D eigenvalue weighted by atomic mass is 10.1. The van der Waals surface area contributed by atoms with E-state index in [1.165, 1.54) is 0 Å². The second-order valence-corrected chi connectivity index (χ2v) is 7.21. The van der Waals surface area contributed by atoms with Gasteiger partial charge in [-0.25, -0.2) is 0 Å². The maximum Gasteiger partial charge on any atom is 0.257 e. The van der Waals surface area contributed by atoms with Crippen LogP contribution in [0, 0.1) is 0 Å². The lowest BCUT2D eigenvalue weighted by Gasteiger charge is -2.16. The standard InChI is InChI=1S/C19H19ClN2O2S/c1-25-15-7-8-17(20)16(11-15)19(24)21-14-5-2-4-13(10-14)12-22-9-3-6-18(22)23/h2,4-5,7-8,10-11H,3,6,9,12H2,1H3,(H,21,24). The first-order chi connectivity index (χ1) is 12.1. The van der Waals surface area contributed by atoms with Crippen molar-refractivity contribution < 1.29 is 9.59 Å². The van der Waals surface area contributed by atoms with Gasteiger partial charge in [-0.2, -0.15) is 0 Å². The highest BCUT2D eigenvalue weighted by atomic mass is 35.5. The Morgan fingerprint density at radius 3 is 2.84 bits per heavy atom. The monoisotopic (exact) mass is 374 g/mol. The minimum Gasteiger partial charge on any atom is -0.338 e. The summed E-state index contributed by atoms with van der Waals surface area (Å²) in [6.45, 7) is 1.37. The van der Waals surface area contributed by atoms with Crippen molar-refractivity contribution in [2.45, 2.75) is 24.3 Å². The maximum absolute atomic E-state index is 12.5. The van der Waals surface area contributed by atoms with Crippen LogP contribution in [0.2, 0.25) is 5.02 Å². The molecule has 1 aliphatic heterocycles. The molecule has 0 unspecified atom stereocenters. The van der Waals surface area contributed by atoms with Crippen molar-refractivity contribution in [3.8, 4) is 0 Å².